The molecule has 1 atom stereocenters. The summed E-state index contributed by atoms with van der Waals surface area (Å²) in [6, 6.07) is 15.2. The summed E-state index contributed by atoms with van der Waals surface area (Å²) in [4.78, 5) is 18.7. The number of amides is 2. The minimum Gasteiger partial charge on any atom is -0.339 e. The predicted molar refractivity (Wildman–Crippen MR) is 98.7 cm³/mol. The molecule has 1 saturated heterocycles. The summed E-state index contributed by atoms with van der Waals surface area (Å²) in [5, 5.41) is 6.80. The quantitative estimate of drug-likeness (QED) is 0.751. The molecule has 138 valence electrons. The van der Waals surface area contributed by atoms with Crippen molar-refractivity contribution in [3.63, 3.8) is 0 Å². The van der Waals surface area contributed by atoms with E-state index in [2.05, 4.69) is 15.5 Å². The van der Waals surface area contributed by atoms with Crippen LogP contribution < -0.4 is 5.32 Å². The van der Waals surface area contributed by atoms with Gasteiger partial charge in [-0.2, -0.15) is 4.98 Å². The van der Waals surface area contributed by atoms with Crippen molar-refractivity contribution in [2.75, 3.05) is 18.4 Å². The van der Waals surface area contributed by atoms with Crippen LogP contribution >= 0.6 is 0 Å². The number of rotatable bonds is 3. The average molecular weight is 366 g/mol. The van der Waals surface area contributed by atoms with Gasteiger partial charge >= 0.3 is 6.03 Å². The van der Waals surface area contributed by atoms with E-state index >= 15 is 0 Å². The number of benzene rings is 2. The van der Waals surface area contributed by atoms with Crippen LogP contribution in [-0.2, 0) is 0 Å². The van der Waals surface area contributed by atoms with E-state index in [4.69, 9.17) is 4.52 Å². The first kappa shape index (κ1) is 17.2. The highest BCUT2D eigenvalue weighted by molar-refractivity contribution is 5.89. The number of anilines is 1. The Hall–Kier alpha value is -3.22. The molecule has 2 aromatic carbocycles. The van der Waals surface area contributed by atoms with Gasteiger partial charge in [-0.05, 0) is 31.0 Å². The Morgan fingerprint density at radius 3 is 2.85 bits per heavy atom. The van der Waals surface area contributed by atoms with Crippen LogP contribution in [0.15, 0.2) is 59.1 Å². The Morgan fingerprint density at radius 1 is 1.19 bits per heavy atom. The number of hydrogen-bond donors (Lipinski definition) is 1. The van der Waals surface area contributed by atoms with Gasteiger partial charge in [-0.1, -0.05) is 41.6 Å². The van der Waals surface area contributed by atoms with Gasteiger partial charge in [0.05, 0.1) is 5.92 Å². The molecule has 0 bridgehead atoms. The van der Waals surface area contributed by atoms with Crippen LogP contribution in [0.4, 0.5) is 14.9 Å². The number of piperidine rings is 1. The zero-order valence-electron chi connectivity index (χ0n) is 14.6. The molecule has 4 rings (SSSR count). The Bertz CT molecular complexity index is 928. The van der Waals surface area contributed by atoms with Crippen LogP contribution in [0.3, 0.4) is 0 Å². The van der Waals surface area contributed by atoms with Crippen LogP contribution in [0.5, 0.6) is 0 Å². The third kappa shape index (κ3) is 3.97. The molecule has 1 fully saturated rings. The molecular weight excluding hydrogens is 347 g/mol. The predicted octanol–water partition coefficient (Wildman–Crippen LogP) is 4.29. The molecule has 0 spiro atoms. The minimum absolute atomic E-state index is 0.0121. The summed E-state index contributed by atoms with van der Waals surface area (Å²) in [5.74, 6) is 0.689. The monoisotopic (exact) mass is 366 g/mol. The van der Waals surface area contributed by atoms with E-state index in [9.17, 15) is 9.18 Å². The molecule has 1 aliphatic rings. The summed E-state index contributed by atoms with van der Waals surface area (Å²) < 4.78 is 18.7. The van der Waals surface area contributed by atoms with Crippen LogP contribution in [0, 0.1) is 5.82 Å². The van der Waals surface area contributed by atoms with Crippen LogP contribution in [0.2, 0.25) is 0 Å². The third-order valence-corrected chi connectivity index (χ3v) is 4.61. The van der Waals surface area contributed by atoms with Crippen LogP contribution in [0.25, 0.3) is 11.4 Å². The van der Waals surface area contributed by atoms with Gasteiger partial charge in [-0.15, -0.1) is 0 Å². The lowest BCUT2D eigenvalue weighted by atomic mass is 9.98. The van der Waals surface area contributed by atoms with E-state index in [0.29, 0.717) is 30.5 Å². The van der Waals surface area contributed by atoms with Crippen molar-refractivity contribution in [3.05, 3.63) is 66.3 Å². The summed E-state index contributed by atoms with van der Waals surface area (Å²) in [6.45, 7) is 1.12. The van der Waals surface area contributed by atoms with Gasteiger partial charge in [0, 0.05) is 24.3 Å². The number of urea groups is 1. The molecule has 1 aliphatic heterocycles. The van der Waals surface area contributed by atoms with Gasteiger partial charge in [0.2, 0.25) is 11.7 Å². The lowest BCUT2D eigenvalue weighted by Gasteiger charge is -2.31. The number of halogens is 1. The largest absolute Gasteiger partial charge is 0.339 e. The highest BCUT2D eigenvalue weighted by atomic mass is 19.1. The topological polar surface area (TPSA) is 71.3 Å². The molecule has 0 radical (unpaired) electrons. The Kier molecular flexibility index (Phi) is 4.82. The van der Waals surface area contributed by atoms with Crippen molar-refractivity contribution in [1.29, 1.82) is 0 Å². The highest BCUT2D eigenvalue weighted by Gasteiger charge is 2.28. The van der Waals surface area contributed by atoms with Crippen LogP contribution in [-0.4, -0.2) is 34.2 Å². The van der Waals surface area contributed by atoms with Crippen molar-refractivity contribution in [3.8, 4) is 11.4 Å². The molecule has 7 heteroatoms. The molecule has 6 nitrogen and oxygen atoms in total. The molecule has 2 heterocycles. The lowest BCUT2D eigenvalue weighted by molar-refractivity contribution is 0.184. The average Bonchev–Trinajstić information content (AvgIpc) is 3.19. The minimum atomic E-state index is -0.386. The summed E-state index contributed by atoms with van der Waals surface area (Å²) in [6.07, 6.45) is 1.71. The Labute approximate surface area is 156 Å². The normalized spacial score (nSPS) is 16.9. The molecule has 2 amide bonds. The number of hydrogen-bond acceptors (Lipinski definition) is 4. The molecule has 1 aromatic heterocycles. The summed E-state index contributed by atoms with van der Waals surface area (Å²) in [5.41, 5.74) is 1.33. The summed E-state index contributed by atoms with van der Waals surface area (Å²) in [7, 11) is 0. The Balaban J connectivity index is 1.44. The second-order valence-electron chi connectivity index (χ2n) is 6.55. The molecular formula is C20H19FN4O2. The number of carbonyl (C=O) groups excluding carboxylic acids is 1. The number of carbonyl (C=O) groups is 1. The standard InChI is InChI=1S/C20H19FN4O2/c21-16-9-4-10-17(12-16)22-20(26)25-11-5-8-15(13-25)19-23-18(24-27-19)14-6-2-1-3-7-14/h1-4,6-7,9-10,12,15H,5,8,11,13H2,(H,22,26). The maximum Gasteiger partial charge on any atom is 0.321 e. The van der Waals surface area contributed by atoms with Gasteiger partial charge in [0.15, 0.2) is 0 Å². The molecule has 0 saturated carbocycles. The summed E-state index contributed by atoms with van der Waals surface area (Å²) >= 11 is 0. The van der Waals surface area contributed by atoms with E-state index in [-0.39, 0.29) is 17.8 Å². The fourth-order valence-corrected chi connectivity index (χ4v) is 3.24. The number of aromatic nitrogens is 2. The van der Waals surface area contributed by atoms with Gasteiger partial charge in [-0.3, -0.25) is 0 Å². The van der Waals surface area contributed by atoms with Gasteiger partial charge in [0.1, 0.15) is 5.82 Å². The van der Waals surface area contributed by atoms with Crippen molar-refractivity contribution in [1.82, 2.24) is 15.0 Å². The zero-order chi connectivity index (χ0) is 18.6. The van der Waals surface area contributed by atoms with E-state index in [1.54, 1.807) is 17.0 Å². The second-order valence-corrected chi connectivity index (χ2v) is 6.55. The van der Waals surface area contributed by atoms with E-state index < -0.39 is 0 Å². The van der Waals surface area contributed by atoms with Crippen molar-refractivity contribution < 1.29 is 13.7 Å². The second kappa shape index (κ2) is 7.57. The van der Waals surface area contributed by atoms with Crippen molar-refractivity contribution in [2.24, 2.45) is 0 Å². The van der Waals surface area contributed by atoms with E-state index in [1.807, 2.05) is 30.3 Å². The smallest absolute Gasteiger partial charge is 0.321 e. The van der Waals surface area contributed by atoms with Gasteiger partial charge in [0.25, 0.3) is 0 Å². The number of nitrogens with one attached hydrogen (secondary N) is 1. The van der Waals surface area contributed by atoms with Gasteiger partial charge in [-0.25, -0.2) is 9.18 Å². The van der Waals surface area contributed by atoms with E-state index in [0.717, 1.165) is 18.4 Å². The zero-order valence-corrected chi connectivity index (χ0v) is 14.6. The first-order valence-corrected chi connectivity index (χ1v) is 8.89. The fraction of sp³-hybridized carbons (Fsp3) is 0.250. The fourth-order valence-electron chi connectivity index (χ4n) is 3.24. The molecule has 3 aromatic rings. The van der Waals surface area contributed by atoms with Gasteiger partial charge < -0.3 is 14.7 Å². The number of nitrogens with zero attached hydrogens (tertiary/aromatic N) is 3. The molecule has 0 aliphatic carbocycles. The Morgan fingerprint density at radius 2 is 2.04 bits per heavy atom. The molecule has 1 unspecified atom stereocenters. The number of likely N-dealkylation sites (tertiary alicyclic amines) is 1. The van der Waals surface area contributed by atoms with E-state index in [1.165, 1.54) is 12.1 Å². The SMILES string of the molecule is O=C(Nc1cccc(F)c1)N1CCCC(c2nc(-c3ccccc3)no2)C1. The maximum atomic E-state index is 13.3. The first-order valence-electron chi connectivity index (χ1n) is 8.89. The lowest BCUT2D eigenvalue weighted by Crippen LogP contribution is -2.41. The maximum absolute atomic E-state index is 13.3. The first-order chi connectivity index (χ1) is 13.2. The van der Waals surface area contributed by atoms with Crippen LogP contribution in [0.1, 0.15) is 24.7 Å². The van der Waals surface area contributed by atoms with Crippen molar-refractivity contribution in [2.45, 2.75) is 18.8 Å². The third-order valence-electron chi connectivity index (χ3n) is 4.61. The van der Waals surface area contributed by atoms with Crippen molar-refractivity contribution >= 4 is 11.7 Å². The highest BCUT2D eigenvalue weighted by Crippen LogP contribution is 2.28. The molecule has 27 heavy (non-hydrogen) atoms. The molecule has 1 N–H and O–H groups in total.